The Morgan fingerprint density at radius 3 is 1.86 bits per heavy atom. The van der Waals surface area contributed by atoms with Crippen LogP contribution in [0.2, 0.25) is 0 Å². The molecule has 0 bridgehead atoms. The molecule has 1 rings (SSSR count). The minimum atomic E-state index is -3.90. The van der Waals surface area contributed by atoms with Crippen LogP contribution in [0.4, 0.5) is 0 Å². The fraction of sp³-hybridized carbons (Fsp3) is 0.400. The van der Waals surface area contributed by atoms with E-state index < -0.39 is 7.94 Å². The van der Waals surface area contributed by atoms with Gasteiger partial charge in [0.2, 0.25) is 0 Å². The average Bonchev–Trinajstić information content (AvgIpc) is 2.01. The molecule has 0 aliphatic rings. The molecule has 0 saturated heterocycles. The van der Waals surface area contributed by atoms with E-state index in [0.29, 0.717) is 0 Å². The summed E-state index contributed by atoms with van der Waals surface area (Å²) in [5, 5.41) is 0.243. The van der Waals surface area contributed by atoms with Crippen LogP contribution in [0.25, 0.3) is 0 Å². The molecule has 0 fully saturated rings. The van der Waals surface area contributed by atoms with Crippen molar-refractivity contribution in [3.05, 3.63) is 29.8 Å². The highest BCUT2D eigenvalue weighted by molar-refractivity contribution is 7.66. The Balaban J connectivity index is 3.31. The number of hydrogen-bond acceptors (Lipinski definition) is 3. The Hall–Kier alpha value is -0.470. The predicted octanol–water partition coefficient (Wildman–Crippen LogP) is 1.35. The van der Waals surface area contributed by atoms with Crippen molar-refractivity contribution >= 4 is 13.2 Å². The van der Waals surface area contributed by atoms with E-state index in [2.05, 4.69) is 0 Å². The van der Waals surface area contributed by atoms with Gasteiger partial charge in [0.1, 0.15) is 0 Å². The molecule has 0 radical (unpaired) electrons. The molecular weight excluding hydrogens is 199 g/mol. The van der Waals surface area contributed by atoms with Crippen molar-refractivity contribution in [3.8, 4) is 0 Å². The van der Waals surface area contributed by atoms with Gasteiger partial charge in [0.25, 0.3) is 0 Å². The Morgan fingerprint density at radius 1 is 1.00 bits per heavy atom. The standard InChI is InChI=1S/C10H16O3P/c1-10(2,3)8-6-4-5-7-9(8)14(11,12)13/h4-7,11-13H,1-3H3/q+1. The molecular formula is C10H16O3P+. The maximum atomic E-state index is 9.26. The van der Waals surface area contributed by atoms with Crippen molar-refractivity contribution in [3.63, 3.8) is 0 Å². The molecule has 0 amide bonds. The van der Waals surface area contributed by atoms with Gasteiger partial charge in [0.15, 0.2) is 5.30 Å². The van der Waals surface area contributed by atoms with Crippen molar-refractivity contribution in [1.82, 2.24) is 0 Å². The van der Waals surface area contributed by atoms with Crippen LogP contribution >= 0.6 is 7.94 Å². The molecule has 1 aromatic carbocycles. The number of rotatable bonds is 1. The third-order valence-electron chi connectivity index (χ3n) is 2.04. The fourth-order valence-corrected chi connectivity index (χ4v) is 2.39. The van der Waals surface area contributed by atoms with Crippen LogP contribution in [0, 0.1) is 0 Å². The first-order valence-corrected chi connectivity index (χ1v) is 6.05. The Labute approximate surface area is 84.6 Å². The van der Waals surface area contributed by atoms with E-state index in [-0.39, 0.29) is 10.7 Å². The molecule has 0 unspecified atom stereocenters. The molecule has 0 aliphatic carbocycles. The van der Waals surface area contributed by atoms with E-state index in [1.54, 1.807) is 18.2 Å². The largest absolute Gasteiger partial charge is 0.441 e. The number of hydrogen-bond donors (Lipinski definition) is 3. The van der Waals surface area contributed by atoms with Crippen molar-refractivity contribution in [2.75, 3.05) is 0 Å². The molecule has 3 nitrogen and oxygen atoms in total. The quantitative estimate of drug-likeness (QED) is 0.620. The van der Waals surface area contributed by atoms with E-state index in [1.807, 2.05) is 26.8 Å². The third kappa shape index (κ3) is 2.52. The van der Waals surface area contributed by atoms with Gasteiger partial charge in [-0.05, 0) is 11.5 Å². The first-order valence-electron chi connectivity index (χ1n) is 4.40. The normalized spacial score (nSPS) is 13.0. The smallest absolute Gasteiger partial charge is 0.189 e. The summed E-state index contributed by atoms with van der Waals surface area (Å²) >= 11 is 0. The summed E-state index contributed by atoms with van der Waals surface area (Å²) in [5.41, 5.74) is 0.552. The van der Waals surface area contributed by atoms with Gasteiger partial charge in [-0.1, -0.05) is 39.0 Å². The van der Waals surface area contributed by atoms with Crippen molar-refractivity contribution < 1.29 is 14.7 Å². The molecule has 0 aromatic heterocycles. The van der Waals surface area contributed by atoms with E-state index >= 15 is 0 Å². The minimum absolute atomic E-state index is 0.212. The van der Waals surface area contributed by atoms with Crippen LogP contribution in [-0.2, 0) is 5.41 Å². The topological polar surface area (TPSA) is 60.7 Å². The SMILES string of the molecule is CC(C)(C)c1ccccc1[P+](O)(O)O. The number of benzene rings is 1. The summed E-state index contributed by atoms with van der Waals surface area (Å²) in [4.78, 5) is 27.8. The van der Waals surface area contributed by atoms with Crippen LogP contribution in [-0.4, -0.2) is 14.7 Å². The zero-order valence-corrected chi connectivity index (χ0v) is 9.49. The maximum absolute atomic E-state index is 9.26. The zero-order chi connectivity index (χ0) is 11.0. The van der Waals surface area contributed by atoms with E-state index in [9.17, 15) is 14.7 Å². The molecule has 1 aromatic rings. The molecule has 0 atom stereocenters. The lowest BCUT2D eigenvalue weighted by Gasteiger charge is -2.21. The summed E-state index contributed by atoms with van der Waals surface area (Å²) in [6.07, 6.45) is 0. The summed E-state index contributed by atoms with van der Waals surface area (Å²) in [6.45, 7) is 5.88. The van der Waals surface area contributed by atoms with Gasteiger partial charge in [-0.3, -0.25) is 0 Å². The Bertz CT molecular complexity index is 290. The predicted molar refractivity (Wildman–Crippen MR) is 58.4 cm³/mol. The summed E-state index contributed by atoms with van der Waals surface area (Å²) in [6, 6.07) is 6.85. The Kier molecular flexibility index (Phi) is 2.98. The molecule has 4 heteroatoms. The van der Waals surface area contributed by atoms with Gasteiger partial charge in [0, 0.05) is 5.56 Å². The average molecular weight is 215 g/mol. The van der Waals surface area contributed by atoms with Crippen LogP contribution < -0.4 is 5.30 Å². The zero-order valence-electron chi connectivity index (χ0n) is 8.60. The highest BCUT2D eigenvalue weighted by atomic mass is 31.2. The van der Waals surface area contributed by atoms with E-state index in [0.717, 1.165) is 5.56 Å². The molecule has 0 spiro atoms. The minimum Gasteiger partial charge on any atom is -0.189 e. The monoisotopic (exact) mass is 215 g/mol. The van der Waals surface area contributed by atoms with Gasteiger partial charge >= 0.3 is 7.94 Å². The van der Waals surface area contributed by atoms with Crippen LogP contribution in [0.5, 0.6) is 0 Å². The van der Waals surface area contributed by atoms with Gasteiger partial charge in [-0.25, -0.2) is 0 Å². The first-order chi connectivity index (χ1) is 6.23. The second-order valence-electron chi connectivity index (χ2n) is 4.34. The van der Waals surface area contributed by atoms with Gasteiger partial charge in [-0.15, -0.1) is 0 Å². The van der Waals surface area contributed by atoms with Crippen LogP contribution in [0.15, 0.2) is 24.3 Å². The summed E-state index contributed by atoms with van der Waals surface area (Å²) < 4.78 is 0. The van der Waals surface area contributed by atoms with Gasteiger partial charge in [-0.2, -0.15) is 14.7 Å². The second-order valence-corrected chi connectivity index (χ2v) is 5.95. The highest BCUT2D eigenvalue weighted by Crippen LogP contribution is 2.45. The lowest BCUT2D eigenvalue weighted by molar-refractivity contribution is 0.346. The van der Waals surface area contributed by atoms with E-state index in [4.69, 9.17) is 0 Å². The summed E-state index contributed by atoms with van der Waals surface area (Å²) in [5.74, 6) is 0. The first kappa shape index (κ1) is 11.6. The van der Waals surface area contributed by atoms with Crippen LogP contribution in [0.3, 0.4) is 0 Å². The van der Waals surface area contributed by atoms with Crippen molar-refractivity contribution in [2.24, 2.45) is 0 Å². The summed E-state index contributed by atoms with van der Waals surface area (Å²) in [7, 11) is -3.90. The van der Waals surface area contributed by atoms with E-state index in [1.165, 1.54) is 0 Å². The fourth-order valence-electron chi connectivity index (χ4n) is 1.37. The van der Waals surface area contributed by atoms with Gasteiger partial charge in [0.05, 0.1) is 0 Å². The Morgan fingerprint density at radius 2 is 1.50 bits per heavy atom. The molecule has 14 heavy (non-hydrogen) atoms. The third-order valence-corrected chi connectivity index (χ3v) is 3.07. The molecule has 78 valence electrons. The maximum Gasteiger partial charge on any atom is 0.441 e. The van der Waals surface area contributed by atoms with Crippen molar-refractivity contribution in [2.45, 2.75) is 26.2 Å². The molecule has 0 heterocycles. The van der Waals surface area contributed by atoms with Crippen molar-refractivity contribution in [1.29, 1.82) is 0 Å². The van der Waals surface area contributed by atoms with Crippen LogP contribution in [0.1, 0.15) is 26.3 Å². The van der Waals surface area contributed by atoms with Gasteiger partial charge < -0.3 is 0 Å². The lowest BCUT2D eigenvalue weighted by atomic mass is 9.87. The molecule has 0 aliphatic heterocycles. The lowest BCUT2D eigenvalue weighted by Crippen LogP contribution is -2.24. The molecule has 0 saturated carbocycles. The highest BCUT2D eigenvalue weighted by Gasteiger charge is 2.39. The molecule has 3 N–H and O–H groups in total. The second kappa shape index (κ2) is 3.59.